The van der Waals surface area contributed by atoms with Crippen molar-refractivity contribution in [2.75, 3.05) is 19.6 Å². The second kappa shape index (κ2) is 4.37. The lowest BCUT2D eigenvalue weighted by atomic mass is 10.1. The molecule has 0 aliphatic carbocycles. The normalized spacial score (nSPS) is 27.9. The second-order valence-electron chi connectivity index (χ2n) is 4.57. The first kappa shape index (κ1) is 10.6. The monoisotopic (exact) mass is 232 g/mol. The van der Waals surface area contributed by atoms with Crippen molar-refractivity contribution in [3.05, 3.63) is 29.8 Å². The summed E-state index contributed by atoms with van der Waals surface area (Å²) in [4.78, 5) is 4.48. The van der Waals surface area contributed by atoms with Crippen LogP contribution in [0.3, 0.4) is 0 Å². The Morgan fingerprint density at radius 2 is 2.35 bits per heavy atom. The lowest BCUT2D eigenvalue weighted by molar-refractivity contribution is 0.215. The van der Waals surface area contributed by atoms with Crippen molar-refractivity contribution in [1.29, 1.82) is 0 Å². The van der Waals surface area contributed by atoms with Gasteiger partial charge in [-0.25, -0.2) is 0 Å². The lowest BCUT2D eigenvalue weighted by Crippen LogP contribution is -2.18. The van der Waals surface area contributed by atoms with Crippen molar-refractivity contribution in [3.8, 4) is 5.75 Å². The molecule has 1 fully saturated rings. The third-order valence-electron chi connectivity index (χ3n) is 3.33. The Kier molecular flexibility index (Phi) is 2.73. The van der Waals surface area contributed by atoms with Gasteiger partial charge in [-0.2, -0.15) is 0 Å². The van der Waals surface area contributed by atoms with Crippen LogP contribution in [-0.4, -0.2) is 30.6 Å². The number of phenols is 1. The summed E-state index contributed by atoms with van der Waals surface area (Å²) in [6, 6.07) is 7.22. The molecule has 2 unspecified atom stereocenters. The van der Waals surface area contributed by atoms with Crippen LogP contribution in [0.15, 0.2) is 29.3 Å². The van der Waals surface area contributed by atoms with Crippen LogP contribution in [0, 0.1) is 5.92 Å². The average Bonchev–Trinajstić information content (AvgIpc) is 3.00. The molecule has 0 aromatic heterocycles. The molecule has 2 aliphatic rings. The number of ether oxygens (including phenoxy) is 1. The van der Waals surface area contributed by atoms with Gasteiger partial charge in [0.1, 0.15) is 11.9 Å². The molecule has 1 saturated heterocycles. The molecule has 0 bridgehead atoms. The molecule has 0 radical (unpaired) electrons. The van der Waals surface area contributed by atoms with Crippen molar-refractivity contribution in [1.82, 2.24) is 5.32 Å². The first-order valence-electron chi connectivity index (χ1n) is 6.03. The molecule has 0 spiro atoms. The van der Waals surface area contributed by atoms with Crippen LogP contribution in [0.5, 0.6) is 5.75 Å². The Hall–Kier alpha value is -1.55. The maximum atomic E-state index is 9.45. The number of nitrogens with zero attached hydrogens (tertiary/aromatic N) is 1. The summed E-state index contributed by atoms with van der Waals surface area (Å²) in [6.45, 7) is 2.67. The Morgan fingerprint density at radius 3 is 3.12 bits per heavy atom. The van der Waals surface area contributed by atoms with Gasteiger partial charge >= 0.3 is 0 Å². The molecule has 0 saturated carbocycles. The highest BCUT2D eigenvalue weighted by Gasteiger charge is 2.29. The standard InChI is InChI=1S/C13H16N2O2/c16-11-3-1-2-9(6-11)12-8-15-13(17-12)10-4-5-14-7-10/h1-3,6,10,12,14,16H,4-5,7-8H2. The van der Waals surface area contributed by atoms with Gasteiger partial charge in [0.25, 0.3) is 0 Å². The molecule has 0 amide bonds. The summed E-state index contributed by atoms with van der Waals surface area (Å²) in [5, 5.41) is 12.8. The molecule has 3 rings (SSSR count). The number of hydrogen-bond donors (Lipinski definition) is 2. The van der Waals surface area contributed by atoms with E-state index in [9.17, 15) is 5.11 Å². The highest BCUT2D eigenvalue weighted by Crippen LogP contribution is 2.28. The van der Waals surface area contributed by atoms with E-state index < -0.39 is 0 Å². The van der Waals surface area contributed by atoms with Gasteiger partial charge in [0.05, 0.1) is 6.54 Å². The van der Waals surface area contributed by atoms with E-state index in [1.54, 1.807) is 12.1 Å². The van der Waals surface area contributed by atoms with Gasteiger partial charge in [-0.1, -0.05) is 12.1 Å². The van der Waals surface area contributed by atoms with Gasteiger partial charge in [0, 0.05) is 12.5 Å². The molecular formula is C13H16N2O2. The fraction of sp³-hybridized carbons (Fsp3) is 0.462. The fourth-order valence-electron chi connectivity index (χ4n) is 2.38. The van der Waals surface area contributed by atoms with Gasteiger partial charge in [-0.05, 0) is 30.7 Å². The van der Waals surface area contributed by atoms with Crippen LogP contribution < -0.4 is 5.32 Å². The molecule has 2 aliphatic heterocycles. The largest absolute Gasteiger partial charge is 0.508 e. The van der Waals surface area contributed by atoms with Gasteiger partial charge in [-0.3, -0.25) is 4.99 Å². The minimum Gasteiger partial charge on any atom is -0.508 e. The Labute approximate surface area is 100 Å². The number of phenolic OH excluding ortho intramolecular Hbond substituents is 1. The molecule has 4 nitrogen and oxygen atoms in total. The van der Waals surface area contributed by atoms with Gasteiger partial charge in [0.15, 0.2) is 5.90 Å². The number of aromatic hydroxyl groups is 1. The van der Waals surface area contributed by atoms with E-state index in [2.05, 4.69) is 10.3 Å². The summed E-state index contributed by atoms with van der Waals surface area (Å²) in [6.07, 6.45) is 1.07. The predicted molar refractivity (Wildman–Crippen MR) is 65.2 cm³/mol. The van der Waals surface area contributed by atoms with Crippen LogP contribution in [0.2, 0.25) is 0 Å². The highest BCUT2D eigenvalue weighted by atomic mass is 16.5. The van der Waals surface area contributed by atoms with Crippen LogP contribution in [-0.2, 0) is 4.74 Å². The Balaban J connectivity index is 1.69. The SMILES string of the molecule is Oc1cccc(C2CN=C(C3CCNC3)O2)c1. The van der Waals surface area contributed by atoms with E-state index in [0.29, 0.717) is 12.5 Å². The molecule has 1 aromatic carbocycles. The lowest BCUT2D eigenvalue weighted by Gasteiger charge is -2.14. The molecular weight excluding hydrogens is 216 g/mol. The molecule has 2 N–H and O–H groups in total. The van der Waals surface area contributed by atoms with E-state index >= 15 is 0 Å². The predicted octanol–water partition coefficient (Wildman–Crippen LogP) is 1.47. The summed E-state index contributed by atoms with van der Waals surface area (Å²) in [7, 11) is 0. The average molecular weight is 232 g/mol. The van der Waals surface area contributed by atoms with Crippen LogP contribution >= 0.6 is 0 Å². The van der Waals surface area contributed by atoms with Gasteiger partial charge < -0.3 is 15.2 Å². The van der Waals surface area contributed by atoms with Gasteiger partial charge in [-0.15, -0.1) is 0 Å². The van der Waals surface area contributed by atoms with Crippen molar-refractivity contribution in [2.24, 2.45) is 10.9 Å². The third kappa shape index (κ3) is 2.13. The summed E-state index contributed by atoms with van der Waals surface area (Å²) < 4.78 is 5.89. The highest BCUT2D eigenvalue weighted by molar-refractivity contribution is 5.81. The van der Waals surface area contributed by atoms with Crippen molar-refractivity contribution < 1.29 is 9.84 Å². The molecule has 17 heavy (non-hydrogen) atoms. The zero-order valence-electron chi connectivity index (χ0n) is 9.60. The maximum Gasteiger partial charge on any atom is 0.188 e. The van der Waals surface area contributed by atoms with Crippen molar-refractivity contribution in [2.45, 2.75) is 12.5 Å². The summed E-state index contributed by atoms with van der Waals surface area (Å²) in [5.74, 6) is 1.59. The number of aliphatic imine (C=N–C) groups is 1. The zero-order chi connectivity index (χ0) is 11.7. The fourth-order valence-corrected chi connectivity index (χ4v) is 2.38. The van der Waals surface area contributed by atoms with Crippen molar-refractivity contribution >= 4 is 5.90 Å². The number of nitrogens with one attached hydrogen (secondary N) is 1. The Bertz CT molecular complexity index is 439. The van der Waals surface area contributed by atoms with E-state index in [1.807, 2.05) is 12.1 Å². The minimum absolute atomic E-state index is 0.0299. The van der Waals surface area contributed by atoms with Crippen LogP contribution in [0.4, 0.5) is 0 Å². The quantitative estimate of drug-likeness (QED) is 0.812. The number of hydrogen-bond acceptors (Lipinski definition) is 4. The minimum atomic E-state index is -0.0299. The second-order valence-corrected chi connectivity index (χ2v) is 4.57. The first-order valence-corrected chi connectivity index (χ1v) is 6.03. The topological polar surface area (TPSA) is 53.9 Å². The molecule has 2 atom stereocenters. The van der Waals surface area contributed by atoms with Crippen LogP contribution in [0.25, 0.3) is 0 Å². The molecule has 4 heteroatoms. The maximum absolute atomic E-state index is 9.45. The summed E-state index contributed by atoms with van der Waals surface area (Å²) >= 11 is 0. The smallest absolute Gasteiger partial charge is 0.188 e. The molecule has 1 aromatic rings. The van der Waals surface area contributed by atoms with E-state index in [-0.39, 0.29) is 11.9 Å². The van der Waals surface area contributed by atoms with E-state index in [0.717, 1.165) is 31.0 Å². The number of benzene rings is 1. The van der Waals surface area contributed by atoms with Crippen molar-refractivity contribution in [3.63, 3.8) is 0 Å². The molecule has 90 valence electrons. The molecule has 2 heterocycles. The van der Waals surface area contributed by atoms with Crippen LogP contribution in [0.1, 0.15) is 18.1 Å². The third-order valence-corrected chi connectivity index (χ3v) is 3.33. The Morgan fingerprint density at radius 1 is 1.41 bits per heavy atom. The van der Waals surface area contributed by atoms with E-state index in [1.165, 1.54) is 0 Å². The van der Waals surface area contributed by atoms with Gasteiger partial charge in [0.2, 0.25) is 0 Å². The summed E-state index contributed by atoms with van der Waals surface area (Å²) in [5.41, 5.74) is 0.995. The zero-order valence-corrected chi connectivity index (χ0v) is 9.60. The number of rotatable bonds is 2. The first-order chi connectivity index (χ1) is 8.33. The van der Waals surface area contributed by atoms with E-state index in [4.69, 9.17) is 4.74 Å².